The third kappa shape index (κ3) is 7.07. The Kier molecular flexibility index (Phi) is 8.39. The Morgan fingerprint density at radius 2 is 1.67 bits per heavy atom. The van der Waals surface area contributed by atoms with E-state index in [2.05, 4.69) is 20.9 Å². The number of piperidine rings is 1. The number of carbonyl (C=O) groups is 2. The lowest BCUT2D eigenvalue weighted by molar-refractivity contribution is -0.123. The number of nitrogens with zero attached hydrogens (tertiary/aromatic N) is 1. The molecule has 1 aliphatic carbocycles. The molecule has 0 aromatic carbocycles. The van der Waals surface area contributed by atoms with Gasteiger partial charge in [0.1, 0.15) is 0 Å². The lowest BCUT2D eigenvalue weighted by Crippen LogP contribution is -2.46. The molecule has 2 atom stereocenters. The first-order chi connectivity index (χ1) is 13.2. The summed E-state index contributed by atoms with van der Waals surface area (Å²) < 4.78 is 0. The Balaban J connectivity index is 1.28. The molecule has 2 aliphatic heterocycles. The van der Waals surface area contributed by atoms with Crippen LogP contribution >= 0.6 is 0 Å². The molecule has 0 radical (unpaired) electrons. The summed E-state index contributed by atoms with van der Waals surface area (Å²) in [6.07, 6.45) is 11.5. The first kappa shape index (κ1) is 20.6. The predicted molar refractivity (Wildman–Crippen MR) is 107 cm³/mol. The number of rotatable bonds is 8. The zero-order chi connectivity index (χ0) is 18.9. The van der Waals surface area contributed by atoms with Crippen LogP contribution in [0.25, 0.3) is 0 Å². The molecule has 2 heterocycles. The van der Waals surface area contributed by atoms with Gasteiger partial charge in [0.25, 0.3) is 0 Å². The second-order valence-electron chi connectivity index (χ2n) is 8.76. The lowest BCUT2D eigenvalue weighted by Gasteiger charge is -2.33. The largest absolute Gasteiger partial charge is 0.356 e. The minimum Gasteiger partial charge on any atom is -0.356 e. The Labute approximate surface area is 164 Å². The van der Waals surface area contributed by atoms with E-state index >= 15 is 0 Å². The van der Waals surface area contributed by atoms with E-state index in [1.54, 1.807) is 0 Å². The van der Waals surface area contributed by atoms with E-state index in [9.17, 15) is 9.59 Å². The van der Waals surface area contributed by atoms with Crippen LogP contribution in [0.4, 0.5) is 0 Å². The summed E-state index contributed by atoms with van der Waals surface area (Å²) >= 11 is 0. The van der Waals surface area contributed by atoms with Crippen molar-refractivity contribution in [1.82, 2.24) is 20.9 Å². The highest BCUT2D eigenvalue weighted by molar-refractivity contribution is 5.82. The van der Waals surface area contributed by atoms with Crippen molar-refractivity contribution in [2.45, 2.75) is 70.3 Å². The van der Waals surface area contributed by atoms with Gasteiger partial charge < -0.3 is 20.9 Å². The van der Waals surface area contributed by atoms with Crippen LogP contribution in [0.15, 0.2) is 0 Å². The Bertz CT molecular complexity index is 473. The zero-order valence-corrected chi connectivity index (χ0v) is 16.8. The molecule has 154 valence electrons. The maximum atomic E-state index is 12.2. The monoisotopic (exact) mass is 378 g/mol. The molecule has 3 rings (SSSR count). The van der Waals surface area contributed by atoms with Gasteiger partial charge in [-0.15, -0.1) is 0 Å². The molecular formula is C21H38N4O2. The van der Waals surface area contributed by atoms with Gasteiger partial charge in [0.15, 0.2) is 0 Å². The third-order valence-corrected chi connectivity index (χ3v) is 6.51. The fourth-order valence-electron chi connectivity index (χ4n) is 4.79. The highest BCUT2D eigenvalue weighted by Crippen LogP contribution is 2.22. The van der Waals surface area contributed by atoms with Crippen LogP contribution in [0, 0.1) is 11.8 Å². The summed E-state index contributed by atoms with van der Waals surface area (Å²) in [5.74, 6) is 1.56. The summed E-state index contributed by atoms with van der Waals surface area (Å²) in [6, 6.07) is 0.0116. The molecule has 2 amide bonds. The zero-order valence-electron chi connectivity index (χ0n) is 16.8. The van der Waals surface area contributed by atoms with E-state index < -0.39 is 0 Å². The number of likely N-dealkylation sites (tertiary alicyclic amines) is 1. The Hall–Kier alpha value is -1.14. The normalized spacial score (nSPS) is 27.4. The Morgan fingerprint density at radius 3 is 2.44 bits per heavy atom. The molecule has 6 nitrogen and oxygen atoms in total. The predicted octanol–water partition coefficient (Wildman–Crippen LogP) is 1.65. The fourth-order valence-corrected chi connectivity index (χ4v) is 4.79. The minimum absolute atomic E-state index is 0.0116. The summed E-state index contributed by atoms with van der Waals surface area (Å²) in [6.45, 7) is 5.49. The van der Waals surface area contributed by atoms with Gasteiger partial charge in [-0.2, -0.15) is 0 Å². The molecule has 0 bridgehead atoms. The van der Waals surface area contributed by atoms with Gasteiger partial charge >= 0.3 is 0 Å². The fraction of sp³-hybridized carbons (Fsp3) is 0.905. The van der Waals surface area contributed by atoms with E-state index in [4.69, 9.17) is 0 Å². The van der Waals surface area contributed by atoms with Gasteiger partial charge in [0.2, 0.25) is 11.8 Å². The summed E-state index contributed by atoms with van der Waals surface area (Å²) in [4.78, 5) is 26.7. The van der Waals surface area contributed by atoms with E-state index in [0.717, 1.165) is 58.5 Å². The van der Waals surface area contributed by atoms with Gasteiger partial charge in [-0.3, -0.25) is 9.59 Å². The topological polar surface area (TPSA) is 73.5 Å². The van der Waals surface area contributed by atoms with Crippen LogP contribution in [0.5, 0.6) is 0 Å². The molecule has 0 aromatic rings. The van der Waals surface area contributed by atoms with Crippen LogP contribution in [-0.4, -0.2) is 62.0 Å². The summed E-state index contributed by atoms with van der Waals surface area (Å²) in [5.41, 5.74) is 0. The van der Waals surface area contributed by atoms with Crippen molar-refractivity contribution in [3.8, 4) is 0 Å². The molecular weight excluding hydrogens is 340 g/mol. The highest BCUT2D eigenvalue weighted by atomic mass is 16.2. The molecule has 3 N–H and O–H groups in total. The van der Waals surface area contributed by atoms with Crippen LogP contribution < -0.4 is 16.0 Å². The first-order valence-electron chi connectivity index (χ1n) is 11.2. The van der Waals surface area contributed by atoms with Crippen LogP contribution in [0.2, 0.25) is 0 Å². The maximum Gasteiger partial charge on any atom is 0.237 e. The van der Waals surface area contributed by atoms with Gasteiger partial charge in [0.05, 0.1) is 6.04 Å². The smallest absolute Gasteiger partial charge is 0.237 e. The molecule has 27 heavy (non-hydrogen) atoms. The quantitative estimate of drug-likeness (QED) is 0.601. The SMILES string of the molecule is O=C(CCN1CCCC(CNC(=O)C2CCCN2)C1)NCC1CCCCC1. The van der Waals surface area contributed by atoms with Gasteiger partial charge in [-0.25, -0.2) is 0 Å². The van der Waals surface area contributed by atoms with Crippen molar-refractivity contribution in [2.75, 3.05) is 39.3 Å². The van der Waals surface area contributed by atoms with E-state index in [-0.39, 0.29) is 17.9 Å². The molecule has 0 spiro atoms. The van der Waals surface area contributed by atoms with Crippen molar-refractivity contribution >= 4 is 11.8 Å². The number of hydrogen-bond acceptors (Lipinski definition) is 4. The van der Waals surface area contributed by atoms with Crippen molar-refractivity contribution in [3.05, 3.63) is 0 Å². The van der Waals surface area contributed by atoms with Crippen molar-refractivity contribution in [3.63, 3.8) is 0 Å². The number of amides is 2. The molecule has 3 aliphatic rings. The Morgan fingerprint density at radius 1 is 0.889 bits per heavy atom. The molecule has 2 saturated heterocycles. The molecule has 2 unspecified atom stereocenters. The van der Waals surface area contributed by atoms with Crippen LogP contribution in [-0.2, 0) is 9.59 Å². The minimum atomic E-state index is 0.0116. The average molecular weight is 379 g/mol. The van der Waals surface area contributed by atoms with Gasteiger partial charge in [-0.1, -0.05) is 19.3 Å². The second-order valence-corrected chi connectivity index (χ2v) is 8.76. The molecule has 6 heteroatoms. The summed E-state index contributed by atoms with van der Waals surface area (Å²) in [7, 11) is 0. The lowest BCUT2D eigenvalue weighted by atomic mass is 9.89. The van der Waals surface area contributed by atoms with Crippen molar-refractivity contribution < 1.29 is 9.59 Å². The summed E-state index contributed by atoms with van der Waals surface area (Å²) in [5, 5.41) is 9.53. The number of nitrogens with one attached hydrogen (secondary N) is 3. The van der Waals surface area contributed by atoms with E-state index in [1.807, 2.05) is 0 Å². The number of carbonyl (C=O) groups excluding carboxylic acids is 2. The molecule has 0 aromatic heterocycles. The highest BCUT2D eigenvalue weighted by Gasteiger charge is 2.25. The molecule has 1 saturated carbocycles. The van der Waals surface area contributed by atoms with Gasteiger partial charge in [-0.05, 0) is 63.5 Å². The molecule has 3 fully saturated rings. The standard InChI is InChI=1S/C21H38N4O2/c26-20(23-14-17-6-2-1-3-7-17)10-13-25-12-5-8-18(16-25)15-24-21(27)19-9-4-11-22-19/h17-19,22H,1-16H2,(H,23,26)(H,24,27). The average Bonchev–Trinajstić information content (AvgIpc) is 3.25. The van der Waals surface area contributed by atoms with E-state index in [0.29, 0.717) is 18.3 Å². The maximum absolute atomic E-state index is 12.2. The van der Waals surface area contributed by atoms with Crippen LogP contribution in [0.3, 0.4) is 0 Å². The van der Waals surface area contributed by atoms with Crippen molar-refractivity contribution in [1.29, 1.82) is 0 Å². The number of hydrogen-bond donors (Lipinski definition) is 3. The van der Waals surface area contributed by atoms with Crippen molar-refractivity contribution in [2.24, 2.45) is 11.8 Å². The third-order valence-electron chi connectivity index (χ3n) is 6.51. The van der Waals surface area contributed by atoms with Gasteiger partial charge in [0, 0.05) is 32.6 Å². The second kappa shape index (κ2) is 11.0. The first-order valence-corrected chi connectivity index (χ1v) is 11.2. The van der Waals surface area contributed by atoms with E-state index in [1.165, 1.54) is 38.5 Å². The van der Waals surface area contributed by atoms with Crippen LogP contribution in [0.1, 0.15) is 64.2 Å².